The summed E-state index contributed by atoms with van der Waals surface area (Å²) in [5.41, 5.74) is 0. The van der Waals surface area contributed by atoms with Gasteiger partial charge >= 0.3 is 5.97 Å². The smallest absolute Gasteiger partial charge is 0.320 e. The Labute approximate surface area is 84.7 Å². The molecule has 0 fully saturated rings. The molecule has 84 valence electrons. The lowest BCUT2D eigenvalue weighted by Gasteiger charge is -2.16. The number of hydrogen-bond acceptors (Lipinski definition) is 4. The van der Waals surface area contributed by atoms with Crippen molar-refractivity contribution in [2.24, 2.45) is 0 Å². The summed E-state index contributed by atoms with van der Waals surface area (Å²) in [6.07, 6.45) is 0.361. The standard InChI is InChI=1S/C8H18NO4P/c1-4-12-8(10)7-9-14(11,6-3)13-5-2/h4-7H2,1-3H3,(H,9,11). The zero-order chi connectivity index (χ0) is 11.0. The summed E-state index contributed by atoms with van der Waals surface area (Å²) in [5.74, 6) is -0.416. The van der Waals surface area contributed by atoms with Gasteiger partial charge in [0.25, 0.3) is 7.52 Å². The molecule has 0 aromatic rings. The average Bonchev–Trinajstić information content (AvgIpc) is 2.16. The average molecular weight is 223 g/mol. The molecule has 0 aliphatic rings. The van der Waals surface area contributed by atoms with E-state index in [0.29, 0.717) is 19.4 Å². The van der Waals surface area contributed by atoms with Crippen molar-refractivity contribution in [2.75, 3.05) is 25.9 Å². The first kappa shape index (κ1) is 13.6. The predicted octanol–water partition coefficient (Wildman–Crippen LogP) is 1.39. The Balaban J connectivity index is 3.94. The third kappa shape index (κ3) is 5.37. The van der Waals surface area contributed by atoms with Crippen LogP contribution in [0, 0.1) is 0 Å². The van der Waals surface area contributed by atoms with Crippen LogP contribution in [0.5, 0.6) is 0 Å². The summed E-state index contributed by atoms with van der Waals surface area (Å²) in [5, 5.41) is 2.59. The molecule has 0 spiro atoms. The zero-order valence-corrected chi connectivity index (χ0v) is 9.80. The Morgan fingerprint density at radius 2 is 1.93 bits per heavy atom. The summed E-state index contributed by atoms with van der Waals surface area (Å²) in [6, 6.07) is 0. The Bertz CT molecular complexity index is 219. The van der Waals surface area contributed by atoms with Gasteiger partial charge in [-0.1, -0.05) is 6.92 Å². The van der Waals surface area contributed by atoms with Crippen molar-refractivity contribution in [3.63, 3.8) is 0 Å². The van der Waals surface area contributed by atoms with Crippen LogP contribution in [0.1, 0.15) is 20.8 Å². The topological polar surface area (TPSA) is 64.6 Å². The highest BCUT2D eigenvalue weighted by atomic mass is 31.2. The van der Waals surface area contributed by atoms with Gasteiger partial charge in [0.15, 0.2) is 0 Å². The Kier molecular flexibility index (Phi) is 6.79. The van der Waals surface area contributed by atoms with Crippen LogP contribution in [-0.2, 0) is 18.6 Å². The van der Waals surface area contributed by atoms with E-state index >= 15 is 0 Å². The predicted molar refractivity (Wildman–Crippen MR) is 54.4 cm³/mol. The maximum absolute atomic E-state index is 11.7. The molecular weight excluding hydrogens is 205 g/mol. The summed E-state index contributed by atoms with van der Waals surface area (Å²) < 4.78 is 21.5. The molecule has 0 aromatic heterocycles. The first-order valence-electron chi connectivity index (χ1n) is 4.72. The van der Waals surface area contributed by atoms with Crippen molar-refractivity contribution in [1.82, 2.24) is 5.09 Å². The molecule has 0 aromatic carbocycles. The van der Waals surface area contributed by atoms with Crippen molar-refractivity contribution in [3.8, 4) is 0 Å². The summed E-state index contributed by atoms with van der Waals surface area (Å²) >= 11 is 0. The van der Waals surface area contributed by atoms with Crippen LogP contribution in [0.4, 0.5) is 0 Å². The molecule has 0 saturated heterocycles. The van der Waals surface area contributed by atoms with Crippen LogP contribution in [0.15, 0.2) is 0 Å². The van der Waals surface area contributed by atoms with Gasteiger partial charge in [0.2, 0.25) is 0 Å². The first-order valence-corrected chi connectivity index (χ1v) is 6.53. The number of ether oxygens (including phenoxy) is 1. The van der Waals surface area contributed by atoms with Gasteiger partial charge in [-0.25, -0.2) is 5.09 Å². The molecular formula is C8H18NO4P. The van der Waals surface area contributed by atoms with Gasteiger partial charge in [-0.2, -0.15) is 0 Å². The lowest BCUT2D eigenvalue weighted by Crippen LogP contribution is -2.24. The maximum atomic E-state index is 11.7. The van der Waals surface area contributed by atoms with Crippen LogP contribution >= 0.6 is 7.52 Å². The van der Waals surface area contributed by atoms with Gasteiger partial charge in [0.05, 0.1) is 13.2 Å². The molecule has 0 aliphatic carbocycles. The van der Waals surface area contributed by atoms with Gasteiger partial charge in [0, 0.05) is 6.16 Å². The van der Waals surface area contributed by atoms with E-state index < -0.39 is 13.5 Å². The molecule has 0 amide bonds. The molecule has 0 saturated carbocycles. The second-order valence-corrected chi connectivity index (χ2v) is 5.10. The molecule has 5 nitrogen and oxygen atoms in total. The van der Waals surface area contributed by atoms with E-state index in [1.54, 1.807) is 20.8 Å². The van der Waals surface area contributed by atoms with Gasteiger partial charge in [-0.05, 0) is 13.8 Å². The third-order valence-corrected chi connectivity index (χ3v) is 3.67. The normalized spacial score (nSPS) is 14.8. The van der Waals surface area contributed by atoms with Crippen LogP contribution in [0.3, 0.4) is 0 Å². The molecule has 1 N–H and O–H groups in total. The van der Waals surface area contributed by atoms with Crippen LogP contribution < -0.4 is 5.09 Å². The summed E-state index contributed by atoms with van der Waals surface area (Å²) in [7, 11) is -2.83. The van der Waals surface area contributed by atoms with Crippen molar-refractivity contribution < 1.29 is 18.6 Å². The highest BCUT2D eigenvalue weighted by Gasteiger charge is 2.20. The Morgan fingerprint density at radius 3 is 2.36 bits per heavy atom. The molecule has 14 heavy (non-hydrogen) atoms. The lowest BCUT2D eigenvalue weighted by atomic mass is 10.7. The highest BCUT2D eigenvalue weighted by molar-refractivity contribution is 7.56. The number of esters is 1. The fourth-order valence-corrected chi connectivity index (χ4v) is 2.14. The van der Waals surface area contributed by atoms with E-state index in [9.17, 15) is 9.36 Å². The second-order valence-electron chi connectivity index (χ2n) is 2.55. The fourth-order valence-electron chi connectivity index (χ4n) is 0.854. The summed E-state index contributed by atoms with van der Waals surface area (Å²) in [6.45, 7) is 5.84. The molecule has 0 bridgehead atoms. The maximum Gasteiger partial charge on any atom is 0.320 e. The molecule has 0 heterocycles. The number of hydrogen-bond donors (Lipinski definition) is 1. The van der Waals surface area contributed by atoms with Crippen molar-refractivity contribution in [1.29, 1.82) is 0 Å². The van der Waals surface area contributed by atoms with Gasteiger partial charge in [0.1, 0.15) is 6.54 Å². The molecule has 0 aliphatic heterocycles. The van der Waals surface area contributed by atoms with Gasteiger partial charge in [-0.15, -0.1) is 0 Å². The lowest BCUT2D eigenvalue weighted by molar-refractivity contribution is -0.141. The van der Waals surface area contributed by atoms with Gasteiger partial charge < -0.3 is 9.26 Å². The number of carbonyl (C=O) groups excluding carboxylic acids is 1. The molecule has 1 unspecified atom stereocenters. The van der Waals surface area contributed by atoms with E-state index in [2.05, 4.69) is 9.82 Å². The van der Waals surface area contributed by atoms with Gasteiger partial charge in [-0.3, -0.25) is 9.36 Å². The van der Waals surface area contributed by atoms with Crippen LogP contribution in [-0.4, -0.2) is 31.9 Å². The highest BCUT2D eigenvalue weighted by Crippen LogP contribution is 2.40. The minimum absolute atomic E-state index is 0.0705. The Morgan fingerprint density at radius 1 is 1.29 bits per heavy atom. The van der Waals surface area contributed by atoms with Crippen molar-refractivity contribution in [2.45, 2.75) is 20.8 Å². The van der Waals surface area contributed by atoms with Crippen LogP contribution in [0.2, 0.25) is 0 Å². The van der Waals surface area contributed by atoms with Crippen molar-refractivity contribution >= 4 is 13.5 Å². The second kappa shape index (κ2) is 6.98. The molecule has 0 rings (SSSR count). The SMILES string of the molecule is CCOC(=O)CNP(=O)(CC)OCC. The number of carbonyl (C=O) groups is 1. The molecule has 1 atom stereocenters. The van der Waals surface area contributed by atoms with E-state index in [-0.39, 0.29) is 6.54 Å². The zero-order valence-electron chi connectivity index (χ0n) is 8.91. The van der Waals surface area contributed by atoms with E-state index in [1.165, 1.54) is 0 Å². The largest absolute Gasteiger partial charge is 0.465 e. The minimum Gasteiger partial charge on any atom is -0.465 e. The van der Waals surface area contributed by atoms with E-state index in [1.807, 2.05) is 0 Å². The fraction of sp³-hybridized carbons (Fsp3) is 0.875. The number of nitrogens with one attached hydrogen (secondary N) is 1. The summed E-state index contributed by atoms with van der Waals surface area (Å²) in [4.78, 5) is 10.9. The number of rotatable bonds is 7. The van der Waals surface area contributed by atoms with Crippen LogP contribution in [0.25, 0.3) is 0 Å². The minimum atomic E-state index is -2.83. The Hall–Kier alpha value is -0.380. The molecule has 6 heteroatoms. The van der Waals surface area contributed by atoms with E-state index in [4.69, 9.17) is 4.52 Å². The first-order chi connectivity index (χ1) is 6.58. The molecule has 0 radical (unpaired) electrons. The quantitative estimate of drug-likeness (QED) is 0.522. The third-order valence-electron chi connectivity index (χ3n) is 1.52. The van der Waals surface area contributed by atoms with E-state index in [0.717, 1.165) is 0 Å². The monoisotopic (exact) mass is 223 g/mol. The van der Waals surface area contributed by atoms with Crippen molar-refractivity contribution in [3.05, 3.63) is 0 Å².